The van der Waals surface area contributed by atoms with E-state index in [0.29, 0.717) is 25.6 Å². The van der Waals surface area contributed by atoms with Gasteiger partial charge in [-0.3, -0.25) is 0 Å². The Morgan fingerprint density at radius 3 is 2.31 bits per heavy atom. The molecule has 1 aliphatic rings. The monoisotopic (exact) mass is 249 g/mol. The van der Waals surface area contributed by atoms with Gasteiger partial charge in [0.05, 0.1) is 0 Å². The van der Waals surface area contributed by atoms with Crippen LogP contribution in [0.3, 0.4) is 0 Å². The Kier molecular flexibility index (Phi) is 5.17. The van der Waals surface area contributed by atoms with Crippen molar-refractivity contribution in [2.45, 2.75) is 39.2 Å². The van der Waals surface area contributed by atoms with Crippen molar-refractivity contribution in [3.8, 4) is 0 Å². The van der Waals surface area contributed by atoms with E-state index < -0.39 is 10.2 Å². The lowest BCUT2D eigenvalue weighted by molar-refractivity contribution is 0.426. The van der Waals surface area contributed by atoms with Gasteiger partial charge in [-0.2, -0.15) is 17.4 Å². The molecule has 3 N–H and O–H groups in total. The van der Waals surface area contributed by atoms with E-state index in [4.69, 9.17) is 5.73 Å². The molecule has 0 spiro atoms. The second kappa shape index (κ2) is 5.95. The third-order valence-corrected chi connectivity index (χ3v) is 4.44. The second-order valence-electron chi connectivity index (χ2n) is 4.79. The first-order valence-corrected chi connectivity index (χ1v) is 7.37. The van der Waals surface area contributed by atoms with Crippen molar-refractivity contribution in [3.05, 3.63) is 0 Å². The summed E-state index contributed by atoms with van der Waals surface area (Å²) in [6.07, 6.45) is 2.69. The Morgan fingerprint density at radius 2 is 1.88 bits per heavy atom. The molecule has 1 atom stereocenters. The number of nitrogens with zero attached hydrogens (tertiary/aromatic N) is 1. The maximum atomic E-state index is 11.9. The molecule has 0 aromatic heterocycles. The van der Waals surface area contributed by atoms with Gasteiger partial charge in [0, 0.05) is 25.7 Å². The topological polar surface area (TPSA) is 75.4 Å². The molecule has 1 fully saturated rings. The number of nitrogens with one attached hydrogen (secondary N) is 1. The quantitative estimate of drug-likeness (QED) is 0.710. The molecular weight excluding hydrogens is 226 g/mol. The predicted octanol–water partition coefficient (Wildman–Crippen LogP) is 0.290. The van der Waals surface area contributed by atoms with E-state index in [0.717, 1.165) is 19.3 Å². The first-order chi connectivity index (χ1) is 7.45. The summed E-state index contributed by atoms with van der Waals surface area (Å²) in [6, 6.07) is -0.148. The van der Waals surface area contributed by atoms with Gasteiger partial charge in [-0.25, -0.2) is 0 Å². The minimum Gasteiger partial charge on any atom is -0.329 e. The van der Waals surface area contributed by atoms with Crippen molar-refractivity contribution in [2.75, 3.05) is 19.6 Å². The Morgan fingerprint density at radius 1 is 1.31 bits per heavy atom. The number of rotatable bonds is 6. The van der Waals surface area contributed by atoms with Crippen LogP contribution in [0.5, 0.6) is 0 Å². The fraction of sp³-hybridized carbons (Fsp3) is 1.00. The van der Waals surface area contributed by atoms with Gasteiger partial charge in [0.25, 0.3) is 10.2 Å². The van der Waals surface area contributed by atoms with Gasteiger partial charge in [0.2, 0.25) is 0 Å². The minimum atomic E-state index is -3.31. The summed E-state index contributed by atoms with van der Waals surface area (Å²) in [4.78, 5) is 0. The first kappa shape index (κ1) is 13.9. The molecule has 1 saturated heterocycles. The largest absolute Gasteiger partial charge is 0.329 e. The van der Waals surface area contributed by atoms with Crippen LogP contribution in [0.1, 0.15) is 33.1 Å². The Bertz CT molecular complexity index is 297. The molecule has 0 amide bonds. The predicted molar refractivity (Wildman–Crippen MR) is 65.2 cm³/mol. The average Bonchev–Trinajstić information content (AvgIpc) is 2.68. The molecule has 5 nitrogen and oxygen atoms in total. The Labute approximate surface area is 98.6 Å². The first-order valence-electron chi connectivity index (χ1n) is 5.93. The van der Waals surface area contributed by atoms with Crippen LogP contribution in [0.25, 0.3) is 0 Å². The zero-order chi connectivity index (χ0) is 12.2. The SMILES string of the molecule is CC(C)CC(CN)NS(=O)(=O)N1CCCC1. The van der Waals surface area contributed by atoms with Crippen molar-refractivity contribution in [2.24, 2.45) is 11.7 Å². The lowest BCUT2D eigenvalue weighted by Crippen LogP contribution is -2.47. The van der Waals surface area contributed by atoms with E-state index in [-0.39, 0.29) is 6.04 Å². The molecule has 96 valence electrons. The molecule has 1 rings (SSSR count). The van der Waals surface area contributed by atoms with E-state index >= 15 is 0 Å². The molecule has 0 saturated carbocycles. The summed E-state index contributed by atoms with van der Waals surface area (Å²) in [6.45, 7) is 5.74. The van der Waals surface area contributed by atoms with Gasteiger partial charge in [-0.05, 0) is 25.2 Å². The molecule has 0 aliphatic carbocycles. The van der Waals surface area contributed by atoms with Crippen LogP contribution < -0.4 is 10.5 Å². The van der Waals surface area contributed by atoms with Crippen LogP contribution in [0.2, 0.25) is 0 Å². The van der Waals surface area contributed by atoms with Gasteiger partial charge in [-0.1, -0.05) is 13.8 Å². The molecule has 1 aliphatic heterocycles. The molecule has 6 heteroatoms. The van der Waals surface area contributed by atoms with Crippen LogP contribution in [-0.4, -0.2) is 38.4 Å². The van der Waals surface area contributed by atoms with Crippen LogP contribution in [-0.2, 0) is 10.2 Å². The summed E-state index contributed by atoms with van der Waals surface area (Å²) in [5, 5.41) is 0. The molecule has 0 radical (unpaired) electrons. The maximum absolute atomic E-state index is 11.9. The van der Waals surface area contributed by atoms with Crippen molar-refractivity contribution >= 4 is 10.2 Å². The zero-order valence-corrected chi connectivity index (χ0v) is 11.0. The summed E-state index contributed by atoms with van der Waals surface area (Å²) in [5.41, 5.74) is 5.58. The molecule has 0 bridgehead atoms. The summed E-state index contributed by atoms with van der Waals surface area (Å²) < 4.78 is 28.1. The lowest BCUT2D eigenvalue weighted by atomic mass is 10.1. The molecule has 1 heterocycles. The fourth-order valence-electron chi connectivity index (χ4n) is 1.98. The van der Waals surface area contributed by atoms with E-state index in [2.05, 4.69) is 18.6 Å². The zero-order valence-electron chi connectivity index (χ0n) is 10.1. The third kappa shape index (κ3) is 4.01. The molecular formula is C10H23N3O2S. The highest BCUT2D eigenvalue weighted by Crippen LogP contribution is 2.13. The molecule has 0 aromatic carbocycles. The summed E-state index contributed by atoms with van der Waals surface area (Å²) >= 11 is 0. The van der Waals surface area contributed by atoms with Crippen LogP contribution in [0.4, 0.5) is 0 Å². The van der Waals surface area contributed by atoms with Gasteiger partial charge < -0.3 is 5.73 Å². The molecule has 1 unspecified atom stereocenters. The van der Waals surface area contributed by atoms with Crippen molar-refractivity contribution < 1.29 is 8.42 Å². The third-order valence-electron chi connectivity index (χ3n) is 2.76. The van der Waals surface area contributed by atoms with Gasteiger partial charge >= 0.3 is 0 Å². The highest BCUT2D eigenvalue weighted by atomic mass is 32.2. The van der Waals surface area contributed by atoms with E-state index in [1.54, 1.807) is 0 Å². The molecule has 0 aromatic rings. The van der Waals surface area contributed by atoms with Gasteiger partial charge in [0.15, 0.2) is 0 Å². The number of nitrogens with two attached hydrogens (primary N) is 1. The van der Waals surface area contributed by atoms with Crippen LogP contribution in [0.15, 0.2) is 0 Å². The van der Waals surface area contributed by atoms with Crippen molar-refractivity contribution in [1.82, 2.24) is 9.03 Å². The van der Waals surface area contributed by atoms with Gasteiger partial charge in [0.1, 0.15) is 0 Å². The summed E-state index contributed by atoms with van der Waals surface area (Å²) in [7, 11) is -3.31. The Hall–Kier alpha value is -0.170. The maximum Gasteiger partial charge on any atom is 0.279 e. The van der Waals surface area contributed by atoms with Crippen LogP contribution in [0, 0.1) is 5.92 Å². The van der Waals surface area contributed by atoms with E-state index in [9.17, 15) is 8.42 Å². The highest BCUT2D eigenvalue weighted by Gasteiger charge is 2.27. The van der Waals surface area contributed by atoms with E-state index in [1.165, 1.54) is 4.31 Å². The van der Waals surface area contributed by atoms with E-state index in [1.807, 2.05) is 0 Å². The van der Waals surface area contributed by atoms with Gasteiger partial charge in [-0.15, -0.1) is 0 Å². The normalized spacial score (nSPS) is 20.5. The number of hydrogen-bond donors (Lipinski definition) is 2. The molecule has 16 heavy (non-hydrogen) atoms. The Balaban J connectivity index is 2.55. The van der Waals surface area contributed by atoms with Crippen molar-refractivity contribution in [1.29, 1.82) is 0 Å². The average molecular weight is 249 g/mol. The van der Waals surface area contributed by atoms with Crippen molar-refractivity contribution in [3.63, 3.8) is 0 Å². The smallest absolute Gasteiger partial charge is 0.279 e. The standard InChI is InChI=1S/C10H23N3O2S/c1-9(2)7-10(8-11)12-16(14,15)13-5-3-4-6-13/h9-10,12H,3-8,11H2,1-2H3. The highest BCUT2D eigenvalue weighted by molar-refractivity contribution is 7.87. The number of hydrogen-bond acceptors (Lipinski definition) is 3. The fourth-order valence-corrected chi connectivity index (χ4v) is 3.48. The minimum absolute atomic E-state index is 0.148. The summed E-state index contributed by atoms with van der Waals surface area (Å²) in [5.74, 6) is 0.440. The second-order valence-corrected chi connectivity index (χ2v) is 6.49. The lowest BCUT2D eigenvalue weighted by Gasteiger charge is -2.22. The van der Waals surface area contributed by atoms with Crippen LogP contribution >= 0.6 is 0 Å².